The van der Waals surface area contributed by atoms with Crippen molar-refractivity contribution < 1.29 is 9.59 Å². The van der Waals surface area contributed by atoms with Crippen molar-refractivity contribution in [2.24, 2.45) is 0 Å². The maximum atomic E-state index is 11.8. The van der Waals surface area contributed by atoms with Crippen molar-refractivity contribution in [1.82, 2.24) is 16.2 Å². The van der Waals surface area contributed by atoms with E-state index in [0.717, 1.165) is 5.56 Å². The minimum absolute atomic E-state index is 0.173. The lowest BCUT2D eigenvalue weighted by atomic mass is 10.1. The summed E-state index contributed by atoms with van der Waals surface area (Å²) in [6.07, 6.45) is 0. The number of carbonyl (C=O) groups is 2. The molecule has 5 nitrogen and oxygen atoms in total. The first-order chi connectivity index (χ1) is 10.6. The van der Waals surface area contributed by atoms with E-state index >= 15 is 0 Å². The Morgan fingerprint density at radius 3 is 2.23 bits per heavy atom. The molecular weight excluding hydrogens is 302 g/mol. The topological polar surface area (TPSA) is 70.2 Å². The number of urea groups is 1. The van der Waals surface area contributed by atoms with Crippen LogP contribution in [0.4, 0.5) is 4.79 Å². The third kappa shape index (κ3) is 4.49. The molecule has 0 fully saturated rings. The lowest BCUT2D eigenvalue weighted by Crippen LogP contribution is -2.47. The Morgan fingerprint density at radius 2 is 1.59 bits per heavy atom. The summed E-state index contributed by atoms with van der Waals surface area (Å²) < 4.78 is 0. The largest absolute Gasteiger partial charge is 0.333 e. The summed E-state index contributed by atoms with van der Waals surface area (Å²) in [6, 6.07) is 15.2. The van der Waals surface area contributed by atoms with E-state index in [1.165, 1.54) is 0 Å². The summed E-state index contributed by atoms with van der Waals surface area (Å²) in [5, 5.41) is 3.27. The van der Waals surface area contributed by atoms with E-state index in [0.29, 0.717) is 10.6 Å². The van der Waals surface area contributed by atoms with E-state index in [9.17, 15) is 9.59 Å². The van der Waals surface area contributed by atoms with Gasteiger partial charge >= 0.3 is 6.03 Å². The summed E-state index contributed by atoms with van der Waals surface area (Å²) in [4.78, 5) is 23.6. The molecule has 1 atom stereocenters. The molecule has 0 heterocycles. The molecule has 2 aromatic carbocycles. The zero-order valence-electron chi connectivity index (χ0n) is 12.0. The Hall–Kier alpha value is -2.53. The van der Waals surface area contributed by atoms with Gasteiger partial charge in [0.05, 0.1) is 6.04 Å². The summed E-state index contributed by atoms with van der Waals surface area (Å²) in [7, 11) is 0. The van der Waals surface area contributed by atoms with Gasteiger partial charge in [0.25, 0.3) is 5.91 Å². The number of rotatable bonds is 3. The van der Waals surface area contributed by atoms with Crippen molar-refractivity contribution in [3.8, 4) is 0 Å². The first-order valence-electron chi connectivity index (χ1n) is 6.73. The van der Waals surface area contributed by atoms with Crippen molar-refractivity contribution in [2.75, 3.05) is 0 Å². The molecule has 0 aliphatic carbocycles. The van der Waals surface area contributed by atoms with E-state index in [1.54, 1.807) is 24.3 Å². The SMILES string of the molecule is C[C@@H](NC(=O)NNC(=O)c1ccc(Cl)cc1)c1ccccc1. The van der Waals surface area contributed by atoms with Gasteiger partial charge in [0, 0.05) is 10.6 Å². The fraction of sp³-hybridized carbons (Fsp3) is 0.125. The second kappa shape index (κ2) is 7.47. The lowest BCUT2D eigenvalue weighted by molar-refractivity contribution is 0.0936. The summed E-state index contributed by atoms with van der Waals surface area (Å²) in [6.45, 7) is 1.86. The van der Waals surface area contributed by atoms with Gasteiger partial charge in [-0.25, -0.2) is 10.2 Å². The Morgan fingerprint density at radius 1 is 0.955 bits per heavy atom. The quantitative estimate of drug-likeness (QED) is 0.761. The van der Waals surface area contributed by atoms with Gasteiger partial charge in [0.1, 0.15) is 0 Å². The van der Waals surface area contributed by atoms with Crippen LogP contribution in [0.15, 0.2) is 54.6 Å². The summed E-state index contributed by atoms with van der Waals surface area (Å²) in [5.41, 5.74) is 6.02. The molecule has 2 aromatic rings. The fourth-order valence-corrected chi connectivity index (χ4v) is 1.97. The number of nitrogens with one attached hydrogen (secondary N) is 3. The van der Waals surface area contributed by atoms with Crippen LogP contribution in [-0.4, -0.2) is 11.9 Å². The molecule has 0 unspecified atom stereocenters. The monoisotopic (exact) mass is 317 g/mol. The van der Waals surface area contributed by atoms with Crippen LogP contribution in [0, 0.1) is 0 Å². The standard InChI is InChI=1S/C16H16ClN3O2/c1-11(12-5-3-2-4-6-12)18-16(22)20-19-15(21)13-7-9-14(17)10-8-13/h2-11H,1H3,(H,19,21)(H2,18,20,22)/t11-/m1/s1. The third-order valence-corrected chi connectivity index (χ3v) is 3.30. The van der Waals surface area contributed by atoms with Crippen LogP contribution >= 0.6 is 11.6 Å². The van der Waals surface area contributed by atoms with Crippen molar-refractivity contribution in [3.05, 3.63) is 70.7 Å². The van der Waals surface area contributed by atoms with Crippen LogP contribution in [0.25, 0.3) is 0 Å². The van der Waals surface area contributed by atoms with E-state index in [2.05, 4.69) is 16.2 Å². The molecule has 2 rings (SSSR count). The van der Waals surface area contributed by atoms with Crippen molar-refractivity contribution >= 4 is 23.5 Å². The molecule has 22 heavy (non-hydrogen) atoms. The molecule has 0 aliphatic heterocycles. The molecule has 3 N–H and O–H groups in total. The molecule has 0 saturated heterocycles. The first-order valence-corrected chi connectivity index (χ1v) is 7.11. The van der Waals surface area contributed by atoms with Gasteiger partial charge in [0.2, 0.25) is 0 Å². The van der Waals surface area contributed by atoms with Gasteiger partial charge in [-0.15, -0.1) is 0 Å². The highest BCUT2D eigenvalue weighted by Crippen LogP contribution is 2.11. The first kappa shape index (κ1) is 15.9. The molecule has 0 spiro atoms. The van der Waals surface area contributed by atoms with Crippen LogP contribution in [0.1, 0.15) is 28.9 Å². The zero-order valence-corrected chi connectivity index (χ0v) is 12.7. The zero-order chi connectivity index (χ0) is 15.9. The van der Waals surface area contributed by atoms with Gasteiger partial charge in [-0.3, -0.25) is 10.2 Å². The molecule has 0 aromatic heterocycles. The van der Waals surface area contributed by atoms with Gasteiger partial charge in [-0.1, -0.05) is 41.9 Å². The molecule has 0 saturated carbocycles. The highest BCUT2D eigenvalue weighted by atomic mass is 35.5. The maximum absolute atomic E-state index is 11.8. The fourth-order valence-electron chi connectivity index (χ4n) is 1.84. The summed E-state index contributed by atoms with van der Waals surface area (Å²) in [5.74, 6) is -0.417. The second-order valence-electron chi connectivity index (χ2n) is 4.69. The number of carbonyl (C=O) groups excluding carboxylic acids is 2. The molecule has 0 aliphatic rings. The number of benzene rings is 2. The number of amides is 3. The van der Waals surface area contributed by atoms with Gasteiger partial charge in [-0.05, 0) is 36.8 Å². The number of hydrogen-bond acceptors (Lipinski definition) is 2. The van der Waals surface area contributed by atoms with Crippen molar-refractivity contribution in [2.45, 2.75) is 13.0 Å². The van der Waals surface area contributed by atoms with E-state index < -0.39 is 11.9 Å². The second-order valence-corrected chi connectivity index (χ2v) is 5.13. The smallest absolute Gasteiger partial charge is 0.330 e. The van der Waals surface area contributed by atoms with E-state index in [-0.39, 0.29) is 6.04 Å². The van der Waals surface area contributed by atoms with Crippen LogP contribution in [0.2, 0.25) is 5.02 Å². The predicted octanol–water partition coefficient (Wildman–Crippen LogP) is 3.05. The Balaban J connectivity index is 1.82. The van der Waals surface area contributed by atoms with Crippen LogP contribution < -0.4 is 16.2 Å². The molecular formula is C16H16ClN3O2. The Bertz CT molecular complexity index is 644. The van der Waals surface area contributed by atoms with E-state index in [1.807, 2.05) is 37.3 Å². The lowest BCUT2D eigenvalue weighted by Gasteiger charge is -2.15. The molecule has 3 amide bonds. The summed E-state index contributed by atoms with van der Waals surface area (Å²) >= 11 is 5.75. The van der Waals surface area contributed by atoms with Crippen LogP contribution in [-0.2, 0) is 0 Å². The minimum Gasteiger partial charge on any atom is -0.330 e. The highest BCUT2D eigenvalue weighted by molar-refractivity contribution is 6.30. The van der Waals surface area contributed by atoms with Crippen LogP contribution in [0.5, 0.6) is 0 Å². The molecule has 6 heteroatoms. The molecule has 114 valence electrons. The van der Waals surface area contributed by atoms with Gasteiger partial charge < -0.3 is 5.32 Å². The Kier molecular flexibility index (Phi) is 5.38. The average Bonchev–Trinajstić information content (AvgIpc) is 2.54. The van der Waals surface area contributed by atoms with Gasteiger partial charge in [0.15, 0.2) is 0 Å². The number of hydrogen-bond donors (Lipinski definition) is 3. The molecule has 0 bridgehead atoms. The highest BCUT2D eigenvalue weighted by Gasteiger charge is 2.10. The average molecular weight is 318 g/mol. The number of halogens is 1. The Labute approximate surface area is 133 Å². The van der Waals surface area contributed by atoms with Crippen molar-refractivity contribution in [3.63, 3.8) is 0 Å². The maximum Gasteiger partial charge on any atom is 0.333 e. The molecule has 0 radical (unpaired) electrons. The van der Waals surface area contributed by atoms with Crippen molar-refractivity contribution in [1.29, 1.82) is 0 Å². The predicted molar refractivity (Wildman–Crippen MR) is 85.4 cm³/mol. The number of hydrazine groups is 1. The van der Waals surface area contributed by atoms with Gasteiger partial charge in [-0.2, -0.15) is 0 Å². The normalized spacial score (nSPS) is 11.4. The minimum atomic E-state index is -0.487. The third-order valence-electron chi connectivity index (χ3n) is 3.04. The van der Waals surface area contributed by atoms with E-state index in [4.69, 9.17) is 11.6 Å². The van der Waals surface area contributed by atoms with Crippen LogP contribution in [0.3, 0.4) is 0 Å².